The fourth-order valence-electron chi connectivity index (χ4n) is 3.00. The van der Waals surface area contributed by atoms with Gasteiger partial charge in [-0.15, -0.1) is 0 Å². The van der Waals surface area contributed by atoms with Crippen molar-refractivity contribution in [3.8, 4) is 5.75 Å². The topological polar surface area (TPSA) is 49.3 Å². The molecule has 0 aliphatic heterocycles. The number of nitrogens with one attached hydrogen (secondary N) is 1. The fraction of sp³-hybridized carbons (Fsp3) is 0.400. The van der Waals surface area contributed by atoms with Crippen molar-refractivity contribution >= 4 is 11.6 Å². The molecular weight excluding hydrogens is 226 g/mol. The van der Waals surface area contributed by atoms with Gasteiger partial charge in [-0.3, -0.25) is 4.79 Å². The van der Waals surface area contributed by atoms with E-state index in [9.17, 15) is 9.90 Å². The average Bonchev–Trinajstić information content (AvgIpc) is 2.96. The summed E-state index contributed by atoms with van der Waals surface area (Å²) < 4.78 is 0. The molecule has 1 saturated carbocycles. The van der Waals surface area contributed by atoms with Crippen molar-refractivity contribution in [3.63, 3.8) is 0 Å². The molecule has 2 aliphatic carbocycles. The highest BCUT2D eigenvalue weighted by Crippen LogP contribution is 2.43. The molecule has 18 heavy (non-hydrogen) atoms. The number of hydrogen-bond donors (Lipinski definition) is 2. The van der Waals surface area contributed by atoms with Gasteiger partial charge in [-0.05, 0) is 43.2 Å². The van der Waals surface area contributed by atoms with Crippen molar-refractivity contribution in [1.29, 1.82) is 0 Å². The van der Waals surface area contributed by atoms with Crippen LogP contribution in [0.4, 0.5) is 5.69 Å². The van der Waals surface area contributed by atoms with Crippen LogP contribution < -0.4 is 5.32 Å². The minimum absolute atomic E-state index is 0.0788. The maximum Gasteiger partial charge on any atom is 0.228 e. The number of fused-ring (bicyclic) bond motifs is 2. The summed E-state index contributed by atoms with van der Waals surface area (Å²) in [5, 5.41) is 12.5. The zero-order valence-electron chi connectivity index (χ0n) is 10.4. The maximum atomic E-state index is 12.2. The van der Waals surface area contributed by atoms with E-state index in [0.717, 1.165) is 18.4 Å². The monoisotopic (exact) mass is 243 g/mol. The Labute approximate surface area is 107 Å². The van der Waals surface area contributed by atoms with E-state index in [1.807, 2.05) is 19.1 Å². The van der Waals surface area contributed by atoms with Gasteiger partial charge in [0, 0.05) is 17.7 Å². The number of rotatable bonds is 2. The van der Waals surface area contributed by atoms with Crippen molar-refractivity contribution in [3.05, 3.63) is 35.9 Å². The number of aryl methyl sites for hydroxylation is 1. The van der Waals surface area contributed by atoms with Crippen molar-refractivity contribution in [1.82, 2.24) is 0 Å². The Bertz CT molecular complexity index is 521. The van der Waals surface area contributed by atoms with Crippen LogP contribution in [-0.4, -0.2) is 11.0 Å². The molecule has 2 aliphatic rings. The Balaban J connectivity index is 1.71. The number of aromatic hydroxyl groups is 1. The van der Waals surface area contributed by atoms with E-state index >= 15 is 0 Å². The van der Waals surface area contributed by atoms with Gasteiger partial charge in [-0.1, -0.05) is 18.2 Å². The molecule has 94 valence electrons. The molecule has 1 aromatic rings. The molecule has 1 aromatic carbocycles. The van der Waals surface area contributed by atoms with E-state index in [-0.39, 0.29) is 17.6 Å². The molecule has 3 heteroatoms. The van der Waals surface area contributed by atoms with E-state index in [2.05, 4.69) is 17.5 Å². The second-order valence-corrected chi connectivity index (χ2v) is 5.38. The molecular formula is C15H17NO2. The summed E-state index contributed by atoms with van der Waals surface area (Å²) in [5.74, 6) is 1.41. The van der Waals surface area contributed by atoms with Gasteiger partial charge < -0.3 is 10.4 Å². The SMILES string of the molecule is Cc1ccc(NC(=O)C2CC3C=CC2C3)cc1O. The lowest BCUT2D eigenvalue weighted by Crippen LogP contribution is -2.25. The molecule has 1 amide bonds. The van der Waals surface area contributed by atoms with Gasteiger partial charge in [0.2, 0.25) is 5.91 Å². The Kier molecular flexibility index (Phi) is 2.62. The summed E-state index contributed by atoms with van der Waals surface area (Å²) in [7, 11) is 0. The van der Waals surface area contributed by atoms with Gasteiger partial charge in [0.05, 0.1) is 0 Å². The van der Waals surface area contributed by atoms with E-state index < -0.39 is 0 Å². The zero-order chi connectivity index (χ0) is 12.7. The van der Waals surface area contributed by atoms with Crippen LogP contribution in [0.2, 0.25) is 0 Å². The standard InChI is InChI=1S/C15H17NO2/c1-9-2-5-12(8-14(9)17)16-15(18)13-7-10-3-4-11(13)6-10/h2-5,8,10-11,13,17H,6-7H2,1H3,(H,16,18). The molecule has 3 nitrogen and oxygen atoms in total. The number of phenolic OH excluding ortho intramolecular Hbond substituents is 1. The summed E-state index contributed by atoms with van der Waals surface area (Å²) in [6, 6.07) is 5.25. The minimum atomic E-state index is 0.0788. The zero-order valence-corrected chi connectivity index (χ0v) is 10.4. The molecule has 3 atom stereocenters. The number of carbonyl (C=O) groups is 1. The molecule has 2 N–H and O–H groups in total. The Morgan fingerprint density at radius 1 is 1.33 bits per heavy atom. The maximum absolute atomic E-state index is 12.2. The predicted molar refractivity (Wildman–Crippen MR) is 70.3 cm³/mol. The molecule has 1 fully saturated rings. The Hall–Kier alpha value is -1.77. The van der Waals surface area contributed by atoms with Gasteiger partial charge in [0.25, 0.3) is 0 Å². The second-order valence-electron chi connectivity index (χ2n) is 5.38. The van der Waals surface area contributed by atoms with Crippen LogP contribution in [0.3, 0.4) is 0 Å². The summed E-state index contributed by atoms with van der Waals surface area (Å²) in [4.78, 5) is 12.2. The van der Waals surface area contributed by atoms with Gasteiger partial charge in [0.1, 0.15) is 5.75 Å². The average molecular weight is 243 g/mol. The third-order valence-electron chi connectivity index (χ3n) is 4.09. The molecule has 3 unspecified atom stereocenters. The molecule has 0 heterocycles. The molecule has 2 bridgehead atoms. The van der Waals surface area contributed by atoms with Crippen LogP contribution in [-0.2, 0) is 4.79 Å². The third-order valence-corrected chi connectivity index (χ3v) is 4.09. The molecule has 0 saturated heterocycles. The minimum Gasteiger partial charge on any atom is -0.508 e. The van der Waals surface area contributed by atoms with Crippen molar-refractivity contribution in [2.75, 3.05) is 5.32 Å². The number of amides is 1. The van der Waals surface area contributed by atoms with Gasteiger partial charge in [0.15, 0.2) is 0 Å². The molecule has 0 spiro atoms. The highest BCUT2D eigenvalue weighted by atomic mass is 16.3. The number of allylic oxidation sites excluding steroid dienone is 2. The normalized spacial score (nSPS) is 28.6. The molecule has 0 radical (unpaired) electrons. The third kappa shape index (κ3) is 1.90. The first-order chi connectivity index (χ1) is 8.63. The number of benzene rings is 1. The molecule has 0 aromatic heterocycles. The Morgan fingerprint density at radius 3 is 2.78 bits per heavy atom. The first-order valence-electron chi connectivity index (χ1n) is 6.42. The van der Waals surface area contributed by atoms with E-state index in [1.165, 1.54) is 0 Å². The van der Waals surface area contributed by atoms with E-state index in [1.54, 1.807) is 6.07 Å². The van der Waals surface area contributed by atoms with Gasteiger partial charge >= 0.3 is 0 Å². The number of phenols is 1. The molecule has 3 rings (SSSR count). The quantitative estimate of drug-likeness (QED) is 0.785. The van der Waals surface area contributed by atoms with E-state index in [0.29, 0.717) is 17.5 Å². The van der Waals surface area contributed by atoms with Crippen molar-refractivity contribution in [2.24, 2.45) is 17.8 Å². The van der Waals surface area contributed by atoms with Crippen LogP contribution in [0.5, 0.6) is 5.75 Å². The summed E-state index contributed by atoms with van der Waals surface area (Å²) in [6.45, 7) is 1.83. The fourth-order valence-corrected chi connectivity index (χ4v) is 3.00. The Morgan fingerprint density at radius 2 is 2.17 bits per heavy atom. The van der Waals surface area contributed by atoms with Crippen LogP contribution in [0.15, 0.2) is 30.4 Å². The van der Waals surface area contributed by atoms with Gasteiger partial charge in [-0.25, -0.2) is 0 Å². The van der Waals surface area contributed by atoms with Crippen molar-refractivity contribution in [2.45, 2.75) is 19.8 Å². The van der Waals surface area contributed by atoms with Crippen molar-refractivity contribution < 1.29 is 9.90 Å². The number of anilines is 1. The van der Waals surface area contributed by atoms with Crippen LogP contribution in [0, 0.1) is 24.7 Å². The number of carbonyl (C=O) groups excluding carboxylic acids is 1. The lowest BCUT2D eigenvalue weighted by Gasteiger charge is -2.17. The highest BCUT2D eigenvalue weighted by Gasteiger charge is 2.39. The van der Waals surface area contributed by atoms with Crippen LogP contribution in [0.1, 0.15) is 18.4 Å². The lowest BCUT2D eigenvalue weighted by atomic mass is 9.93. The summed E-state index contributed by atoms with van der Waals surface area (Å²) in [6.07, 6.45) is 6.49. The first-order valence-corrected chi connectivity index (χ1v) is 6.42. The number of hydrogen-bond acceptors (Lipinski definition) is 2. The van der Waals surface area contributed by atoms with Crippen LogP contribution in [0.25, 0.3) is 0 Å². The summed E-state index contributed by atoms with van der Waals surface area (Å²) in [5.41, 5.74) is 1.49. The predicted octanol–water partition coefficient (Wildman–Crippen LogP) is 2.85. The van der Waals surface area contributed by atoms with Gasteiger partial charge in [-0.2, -0.15) is 0 Å². The van der Waals surface area contributed by atoms with E-state index in [4.69, 9.17) is 0 Å². The summed E-state index contributed by atoms with van der Waals surface area (Å²) >= 11 is 0. The highest BCUT2D eigenvalue weighted by molar-refractivity contribution is 5.93. The lowest BCUT2D eigenvalue weighted by molar-refractivity contribution is -0.120. The second kappa shape index (κ2) is 4.16. The first kappa shape index (κ1) is 11.3. The smallest absolute Gasteiger partial charge is 0.228 e. The van der Waals surface area contributed by atoms with Crippen LogP contribution >= 0.6 is 0 Å². The largest absolute Gasteiger partial charge is 0.508 e.